The lowest BCUT2D eigenvalue weighted by molar-refractivity contribution is -0.384. The lowest BCUT2D eigenvalue weighted by atomic mass is 9.95. The second-order valence-electron chi connectivity index (χ2n) is 8.84. The largest absolute Gasteiger partial charge is 0.507 e. The molecule has 0 radical (unpaired) electrons. The van der Waals surface area contributed by atoms with E-state index in [0.717, 1.165) is 10.3 Å². The van der Waals surface area contributed by atoms with Gasteiger partial charge in [-0.1, -0.05) is 17.4 Å². The van der Waals surface area contributed by atoms with Crippen LogP contribution in [0.4, 0.5) is 10.8 Å². The monoisotopic (exact) mass is 529 g/mol. The number of aliphatic hydroxyl groups is 1. The molecule has 0 aliphatic carbocycles. The number of non-ortho nitro benzene ring substituents is 1. The number of ether oxygens (including phenoxy) is 2. The molecule has 0 spiro atoms. The number of aromatic nitrogens is 1. The highest BCUT2D eigenvalue weighted by molar-refractivity contribution is 7.22. The van der Waals surface area contributed by atoms with Gasteiger partial charge in [-0.2, -0.15) is 0 Å². The first-order valence-corrected chi connectivity index (χ1v) is 12.5. The molecule has 3 heterocycles. The molecule has 1 atom stereocenters. The number of ketones is 1. The molecule has 3 aromatic carbocycles. The first-order chi connectivity index (χ1) is 18.3. The second-order valence-corrected chi connectivity index (χ2v) is 9.85. The van der Waals surface area contributed by atoms with Gasteiger partial charge in [0.05, 0.1) is 26.8 Å². The van der Waals surface area contributed by atoms with Crippen molar-refractivity contribution in [3.05, 3.63) is 93.0 Å². The highest BCUT2D eigenvalue weighted by Crippen LogP contribution is 2.45. The summed E-state index contributed by atoms with van der Waals surface area (Å²) in [6.45, 7) is 2.67. The number of nitrogens with zero attached hydrogens (tertiary/aromatic N) is 3. The highest BCUT2D eigenvalue weighted by Gasteiger charge is 2.48. The number of hydrogen-bond donors (Lipinski definition) is 1. The number of thiazole rings is 1. The van der Waals surface area contributed by atoms with Gasteiger partial charge in [0.2, 0.25) is 0 Å². The van der Waals surface area contributed by atoms with Gasteiger partial charge < -0.3 is 14.6 Å². The van der Waals surface area contributed by atoms with E-state index in [1.54, 1.807) is 18.2 Å². The Morgan fingerprint density at radius 2 is 1.79 bits per heavy atom. The summed E-state index contributed by atoms with van der Waals surface area (Å²) in [5.41, 5.74) is 2.04. The number of fused-ring (bicyclic) bond motifs is 2. The SMILES string of the molecule is Cc1ccc2nc(N3C(=O)C(=O)/C(=C(/O)c4ccc5c(c4)OCCO5)[C@@H]3c3ccc([N+](=O)[O-])cc3)sc2c1. The fourth-order valence-electron chi connectivity index (χ4n) is 4.59. The Bertz CT molecular complexity index is 1680. The maximum Gasteiger partial charge on any atom is 0.301 e. The van der Waals surface area contributed by atoms with Crippen molar-refractivity contribution in [2.24, 2.45) is 0 Å². The first kappa shape index (κ1) is 23.6. The quantitative estimate of drug-likeness (QED) is 0.130. The summed E-state index contributed by atoms with van der Waals surface area (Å²) in [6, 6.07) is 14.9. The summed E-state index contributed by atoms with van der Waals surface area (Å²) >= 11 is 1.24. The van der Waals surface area contributed by atoms with E-state index >= 15 is 0 Å². The fourth-order valence-corrected chi connectivity index (χ4v) is 5.68. The number of hydrogen-bond acceptors (Lipinski definition) is 9. The fraction of sp³-hybridized carbons (Fsp3) is 0.148. The molecule has 1 N–H and O–H groups in total. The third-order valence-corrected chi connectivity index (χ3v) is 7.44. The minimum atomic E-state index is -1.06. The Labute approximate surface area is 219 Å². The first-order valence-electron chi connectivity index (χ1n) is 11.6. The molecule has 2 aliphatic rings. The zero-order valence-electron chi connectivity index (χ0n) is 19.9. The van der Waals surface area contributed by atoms with Gasteiger partial charge >= 0.3 is 5.91 Å². The summed E-state index contributed by atoms with van der Waals surface area (Å²) in [5, 5.41) is 22.9. The number of carbonyl (C=O) groups is 2. The van der Waals surface area contributed by atoms with E-state index in [4.69, 9.17) is 9.47 Å². The smallest absolute Gasteiger partial charge is 0.301 e. The normalized spacial score (nSPS) is 18.2. The predicted octanol–water partition coefficient (Wildman–Crippen LogP) is 4.91. The summed E-state index contributed by atoms with van der Waals surface area (Å²) in [7, 11) is 0. The van der Waals surface area contributed by atoms with Crippen molar-refractivity contribution in [2.75, 3.05) is 18.1 Å². The van der Waals surface area contributed by atoms with E-state index in [1.807, 2.05) is 25.1 Å². The van der Waals surface area contributed by atoms with Gasteiger partial charge in [-0.05, 0) is 60.5 Å². The molecule has 6 rings (SSSR count). The third kappa shape index (κ3) is 3.84. The second kappa shape index (κ2) is 8.96. The lowest BCUT2D eigenvalue weighted by Crippen LogP contribution is -2.29. The number of rotatable bonds is 4. The molecule has 0 saturated carbocycles. The van der Waals surface area contributed by atoms with E-state index in [-0.39, 0.29) is 22.0 Å². The zero-order chi connectivity index (χ0) is 26.6. The topological polar surface area (TPSA) is 132 Å². The van der Waals surface area contributed by atoms with Crippen LogP contribution in [0.2, 0.25) is 0 Å². The number of nitro groups is 1. The van der Waals surface area contributed by atoms with Gasteiger partial charge in [0.1, 0.15) is 19.0 Å². The Morgan fingerprint density at radius 1 is 1.05 bits per heavy atom. The number of nitro benzene ring substituents is 1. The van der Waals surface area contributed by atoms with Gasteiger partial charge in [-0.15, -0.1) is 0 Å². The van der Waals surface area contributed by atoms with Crippen LogP contribution in [0.1, 0.15) is 22.7 Å². The van der Waals surface area contributed by atoms with Gasteiger partial charge in [-0.25, -0.2) is 4.98 Å². The van der Waals surface area contributed by atoms with E-state index in [9.17, 15) is 24.8 Å². The van der Waals surface area contributed by atoms with Crippen molar-refractivity contribution < 1.29 is 29.1 Å². The molecule has 1 fully saturated rings. The summed E-state index contributed by atoms with van der Waals surface area (Å²) in [4.78, 5) is 43.4. The zero-order valence-corrected chi connectivity index (χ0v) is 20.7. The molecule has 0 bridgehead atoms. The van der Waals surface area contributed by atoms with Crippen molar-refractivity contribution in [1.29, 1.82) is 0 Å². The van der Waals surface area contributed by atoms with Crippen molar-refractivity contribution in [3.8, 4) is 11.5 Å². The maximum absolute atomic E-state index is 13.4. The minimum Gasteiger partial charge on any atom is -0.507 e. The molecular weight excluding hydrogens is 510 g/mol. The number of anilines is 1. The molecule has 2 aliphatic heterocycles. The third-order valence-electron chi connectivity index (χ3n) is 6.42. The molecule has 38 heavy (non-hydrogen) atoms. The van der Waals surface area contributed by atoms with E-state index < -0.39 is 28.4 Å². The molecule has 1 amide bonds. The van der Waals surface area contributed by atoms with Crippen LogP contribution in [-0.2, 0) is 9.59 Å². The van der Waals surface area contributed by atoms with Gasteiger partial charge in [0.15, 0.2) is 16.6 Å². The molecule has 190 valence electrons. The van der Waals surface area contributed by atoms with Crippen molar-refractivity contribution in [2.45, 2.75) is 13.0 Å². The number of benzene rings is 3. The average molecular weight is 530 g/mol. The minimum absolute atomic E-state index is 0.145. The average Bonchev–Trinajstić information content (AvgIpc) is 3.45. The molecule has 1 aromatic heterocycles. The van der Waals surface area contributed by atoms with Crippen LogP contribution in [0.3, 0.4) is 0 Å². The van der Waals surface area contributed by atoms with Crippen LogP contribution < -0.4 is 14.4 Å². The van der Waals surface area contributed by atoms with Crippen LogP contribution in [0.15, 0.2) is 66.2 Å². The summed E-state index contributed by atoms with van der Waals surface area (Å²) in [5.74, 6) is -1.24. The molecule has 1 saturated heterocycles. The van der Waals surface area contributed by atoms with Gasteiger partial charge in [0.25, 0.3) is 11.5 Å². The van der Waals surface area contributed by atoms with Crippen molar-refractivity contribution in [3.63, 3.8) is 0 Å². The Kier molecular flexibility index (Phi) is 5.57. The van der Waals surface area contributed by atoms with Crippen LogP contribution in [0.5, 0.6) is 11.5 Å². The highest BCUT2D eigenvalue weighted by atomic mass is 32.1. The standard InChI is InChI=1S/C27H19N3O7S/c1-14-2-8-18-21(12-14)38-27(28-18)29-23(15-3-6-17(7-4-15)30(34)35)22(25(32)26(29)33)24(31)16-5-9-19-20(13-16)37-11-10-36-19/h2-9,12-13,23,31H,10-11H2,1H3/b24-22+/t23-/m0/s1. The number of Topliss-reactive ketones (excluding diaryl/α,β-unsaturated/α-hetero) is 1. The lowest BCUT2D eigenvalue weighted by Gasteiger charge is -2.23. The van der Waals surface area contributed by atoms with Crippen LogP contribution in [0, 0.1) is 17.0 Å². The predicted molar refractivity (Wildman–Crippen MR) is 140 cm³/mol. The molecule has 0 unspecified atom stereocenters. The van der Waals surface area contributed by atoms with Crippen LogP contribution >= 0.6 is 11.3 Å². The Balaban J connectivity index is 1.53. The van der Waals surface area contributed by atoms with E-state index in [2.05, 4.69) is 4.98 Å². The molecule has 10 nitrogen and oxygen atoms in total. The number of amides is 1. The van der Waals surface area contributed by atoms with Crippen molar-refractivity contribution in [1.82, 2.24) is 4.98 Å². The van der Waals surface area contributed by atoms with Crippen LogP contribution in [-0.4, -0.2) is 39.9 Å². The van der Waals surface area contributed by atoms with Crippen LogP contribution in [0.25, 0.3) is 16.0 Å². The maximum atomic E-state index is 13.4. The van der Waals surface area contributed by atoms with Gasteiger partial charge in [0, 0.05) is 17.7 Å². The summed E-state index contributed by atoms with van der Waals surface area (Å²) < 4.78 is 12.0. The molecule has 4 aromatic rings. The molecule has 11 heteroatoms. The number of aryl methyl sites for hydroxylation is 1. The molecular formula is C27H19N3O7S. The number of carbonyl (C=O) groups excluding carboxylic acids is 2. The van der Waals surface area contributed by atoms with E-state index in [1.165, 1.54) is 40.5 Å². The van der Waals surface area contributed by atoms with E-state index in [0.29, 0.717) is 35.8 Å². The summed E-state index contributed by atoms with van der Waals surface area (Å²) in [6.07, 6.45) is 0. The van der Waals surface area contributed by atoms with Gasteiger partial charge in [-0.3, -0.25) is 24.6 Å². The number of aliphatic hydroxyl groups excluding tert-OH is 1. The Morgan fingerprint density at radius 3 is 2.53 bits per heavy atom. The van der Waals surface area contributed by atoms with Crippen molar-refractivity contribution >= 4 is 49.8 Å². The Hall–Kier alpha value is -4.77.